The molecule has 214 valence electrons. The summed E-state index contributed by atoms with van der Waals surface area (Å²) in [5, 5.41) is 14.7. The number of aromatic nitrogens is 1. The molecule has 10 heteroatoms. The van der Waals surface area contributed by atoms with Gasteiger partial charge >= 0.3 is 5.97 Å². The number of anilines is 2. The second-order valence-corrected chi connectivity index (χ2v) is 11.1. The van der Waals surface area contributed by atoms with E-state index >= 15 is 4.79 Å². The van der Waals surface area contributed by atoms with Crippen molar-refractivity contribution >= 4 is 45.8 Å². The molecular weight excluding hydrogens is 546 g/mol. The number of benzene rings is 3. The maximum Gasteiger partial charge on any atom is 0.326 e. The zero-order valence-electron chi connectivity index (χ0n) is 23.5. The second-order valence-electron chi connectivity index (χ2n) is 11.1. The Labute approximate surface area is 246 Å². The molecule has 1 aromatic heterocycles. The molecule has 1 fully saturated rings. The fraction of sp³-hybridized carbons (Fsp3) is 0.242. The number of nitrogens with one attached hydrogen (secondary N) is 2. The molecule has 4 heterocycles. The summed E-state index contributed by atoms with van der Waals surface area (Å²) in [6.07, 6.45) is 1.56. The Hall–Kier alpha value is -5.27. The molecule has 2 N–H and O–H groups in total. The Kier molecular flexibility index (Phi) is 5.64. The minimum atomic E-state index is -2.05. The molecule has 0 aliphatic carbocycles. The van der Waals surface area contributed by atoms with Crippen LogP contribution in [0.3, 0.4) is 0 Å². The third-order valence-corrected chi connectivity index (χ3v) is 9.29. The van der Waals surface area contributed by atoms with Crippen LogP contribution in [0.4, 0.5) is 11.4 Å². The van der Waals surface area contributed by atoms with Gasteiger partial charge in [0, 0.05) is 40.5 Å². The summed E-state index contributed by atoms with van der Waals surface area (Å²) in [6.45, 7) is 1.19. The first-order valence-corrected chi connectivity index (χ1v) is 14.0. The molecule has 2 spiro atoms. The smallest absolute Gasteiger partial charge is 0.326 e. The zero-order valence-corrected chi connectivity index (χ0v) is 23.5. The Balaban J connectivity index is 1.57. The Bertz CT molecular complexity index is 1930. The van der Waals surface area contributed by atoms with Crippen molar-refractivity contribution in [1.82, 2.24) is 9.88 Å². The fourth-order valence-corrected chi connectivity index (χ4v) is 7.79. The predicted octanol–water partition coefficient (Wildman–Crippen LogP) is 3.50. The van der Waals surface area contributed by atoms with E-state index in [2.05, 4.69) is 16.4 Å². The van der Waals surface area contributed by atoms with Crippen molar-refractivity contribution < 1.29 is 23.9 Å². The predicted molar refractivity (Wildman–Crippen MR) is 157 cm³/mol. The van der Waals surface area contributed by atoms with E-state index in [0.29, 0.717) is 33.4 Å². The highest BCUT2D eigenvalue weighted by atomic mass is 16.5. The van der Waals surface area contributed by atoms with E-state index in [1.807, 2.05) is 12.1 Å². The summed E-state index contributed by atoms with van der Waals surface area (Å²) in [7, 11) is 1.65. The number of rotatable bonds is 5. The van der Waals surface area contributed by atoms with Crippen molar-refractivity contribution in [3.05, 3.63) is 95.7 Å². The lowest BCUT2D eigenvalue weighted by Gasteiger charge is -2.45. The maximum absolute atomic E-state index is 15.0. The first-order chi connectivity index (χ1) is 20.8. The molecule has 3 atom stereocenters. The number of likely N-dealkylation sites (tertiary alicyclic amines) is 1. The number of ketones is 1. The number of ether oxygens (including phenoxy) is 1. The number of amides is 2. The lowest BCUT2D eigenvalue weighted by atomic mass is 9.51. The molecule has 1 saturated heterocycles. The summed E-state index contributed by atoms with van der Waals surface area (Å²) >= 11 is 0. The van der Waals surface area contributed by atoms with Gasteiger partial charge < -0.3 is 15.0 Å². The van der Waals surface area contributed by atoms with Crippen LogP contribution in [0.25, 0.3) is 10.9 Å². The van der Waals surface area contributed by atoms with Gasteiger partial charge in [0.25, 0.3) is 5.91 Å². The van der Waals surface area contributed by atoms with Gasteiger partial charge in [-0.3, -0.25) is 29.0 Å². The summed E-state index contributed by atoms with van der Waals surface area (Å²) in [5.41, 5.74) is -3.32. The molecular formula is C33H27N5O5. The molecule has 3 aromatic carbocycles. The number of hydrogen-bond acceptors (Lipinski definition) is 7. The van der Waals surface area contributed by atoms with Crippen molar-refractivity contribution in [3.63, 3.8) is 0 Å². The number of likely N-dealkylation sites (N-methyl/N-ethyl adjacent to an activating group) is 1. The summed E-state index contributed by atoms with van der Waals surface area (Å²) in [5.74, 6) is -2.40. The number of hydrogen-bond donors (Lipinski definition) is 2. The SMILES string of the molecule is CCOC(=O)CN1C(=O)[C@@]2(c3ccccc31)N(C)C[C@](C#N)(C(=O)c1c[nH]c3ccccc13)[C@]21C(=O)Nc2ccccc21. The minimum Gasteiger partial charge on any atom is -0.465 e. The van der Waals surface area contributed by atoms with Crippen LogP contribution in [-0.4, -0.2) is 60.2 Å². The van der Waals surface area contributed by atoms with Crippen LogP contribution >= 0.6 is 0 Å². The Morgan fingerprint density at radius 2 is 1.70 bits per heavy atom. The number of nitriles is 1. The number of carbonyl (C=O) groups is 4. The standard InChI is InChI=1S/C33H27N5O5/c1-3-43-27(39)17-38-26-15-9-6-12-23(26)33(30(38)42)32(22-11-5-8-14-25(22)36-29(32)41)31(18-34,19-37(33)2)28(40)21-16-35-24-13-7-4-10-20(21)24/h4-16,35H,3,17,19H2,1-2H3,(H,36,41)/t31-,32+,33-/m1/s1. The highest BCUT2D eigenvalue weighted by molar-refractivity contribution is 6.24. The van der Waals surface area contributed by atoms with Gasteiger partial charge in [-0.1, -0.05) is 54.6 Å². The van der Waals surface area contributed by atoms with Gasteiger partial charge in [-0.25, -0.2) is 0 Å². The topological polar surface area (TPSA) is 136 Å². The van der Waals surface area contributed by atoms with Crippen LogP contribution in [-0.2, 0) is 30.1 Å². The van der Waals surface area contributed by atoms with E-state index in [0.717, 1.165) is 0 Å². The second kappa shape index (κ2) is 9.11. The lowest BCUT2D eigenvalue weighted by molar-refractivity contribution is -0.144. The average molecular weight is 574 g/mol. The third-order valence-electron chi connectivity index (χ3n) is 9.29. The highest BCUT2D eigenvalue weighted by Crippen LogP contribution is 2.69. The molecule has 0 radical (unpaired) electrons. The number of para-hydroxylation sites is 3. The first-order valence-electron chi connectivity index (χ1n) is 14.0. The largest absolute Gasteiger partial charge is 0.465 e. The molecule has 10 nitrogen and oxygen atoms in total. The zero-order chi connectivity index (χ0) is 30.1. The van der Waals surface area contributed by atoms with Crippen molar-refractivity contribution in [2.45, 2.75) is 17.9 Å². The van der Waals surface area contributed by atoms with E-state index in [4.69, 9.17) is 4.74 Å². The van der Waals surface area contributed by atoms with E-state index in [-0.39, 0.29) is 18.7 Å². The van der Waals surface area contributed by atoms with Gasteiger partial charge in [-0.15, -0.1) is 0 Å². The van der Waals surface area contributed by atoms with Crippen LogP contribution in [0.1, 0.15) is 28.4 Å². The molecule has 2 amide bonds. The number of H-pyrrole nitrogens is 1. The molecule has 3 aliphatic heterocycles. The maximum atomic E-state index is 15.0. The van der Waals surface area contributed by atoms with Crippen molar-refractivity contribution in [2.75, 3.05) is 37.0 Å². The van der Waals surface area contributed by atoms with Crippen LogP contribution in [0.15, 0.2) is 79.0 Å². The van der Waals surface area contributed by atoms with E-state index < -0.39 is 46.5 Å². The molecule has 0 unspecified atom stereocenters. The van der Waals surface area contributed by atoms with Crippen molar-refractivity contribution in [3.8, 4) is 6.07 Å². The number of carbonyl (C=O) groups excluding carboxylic acids is 4. The summed E-state index contributed by atoms with van der Waals surface area (Å²) in [6, 6.07) is 23.3. The van der Waals surface area contributed by atoms with Crippen molar-refractivity contribution in [1.29, 1.82) is 5.26 Å². The van der Waals surface area contributed by atoms with Gasteiger partial charge in [-0.2, -0.15) is 5.26 Å². The van der Waals surface area contributed by atoms with Gasteiger partial charge in [-0.05, 0) is 37.7 Å². The molecule has 3 aliphatic rings. The highest BCUT2D eigenvalue weighted by Gasteiger charge is 2.84. The first kappa shape index (κ1) is 26.6. The molecule has 0 saturated carbocycles. The monoisotopic (exact) mass is 573 g/mol. The Morgan fingerprint density at radius 1 is 1.00 bits per heavy atom. The van der Waals surface area contributed by atoms with Gasteiger partial charge in [0.2, 0.25) is 5.91 Å². The minimum absolute atomic E-state index is 0.129. The number of fused-ring (bicyclic) bond motifs is 6. The Morgan fingerprint density at radius 3 is 2.47 bits per heavy atom. The normalized spacial score (nSPS) is 25.7. The number of aromatic amines is 1. The molecule has 0 bridgehead atoms. The molecule has 43 heavy (non-hydrogen) atoms. The van der Waals surface area contributed by atoms with E-state index in [1.54, 1.807) is 85.7 Å². The van der Waals surface area contributed by atoms with Crippen LogP contribution < -0.4 is 10.2 Å². The molecule has 4 aromatic rings. The fourth-order valence-electron chi connectivity index (χ4n) is 7.79. The summed E-state index contributed by atoms with van der Waals surface area (Å²) < 4.78 is 5.19. The van der Waals surface area contributed by atoms with Crippen LogP contribution in [0, 0.1) is 16.7 Å². The molecule has 7 rings (SSSR count). The van der Waals surface area contributed by atoms with E-state index in [9.17, 15) is 19.6 Å². The van der Waals surface area contributed by atoms with Crippen LogP contribution in [0.2, 0.25) is 0 Å². The number of esters is 1. The van der Waals surface area contributed by atoms with Crippen LogP contribution in [0.5, 0.6) is 0 Å². The van der Waals surface area contributed by atoms with Gasteiger partial charge in [0.1, 0.15) is 17.5 Å². The number of nitrogens with zero attached hydrogens (tertiary/aromatic N) is 3. The third kappa shape index (κ3) is 2.99. The quantitative estimate of drug-likeness (QED) is 0.276. The average Bonchev–Trinajstić information content (AvgIpc) is 3.71. The van der Waals surface area contributed by atoms with Gasteiger partial charge in [0.15, 0.2) is 11.2 Å². The lowest BCUT2D eigenvalue weighted by Crippen LogP contribution is -2.66. The summed E-state index contributed by atoms with van der Waals surface area (Å²) in [4.78, 5) is 63.6. The number of Topliss-reactive ketones (excluding diaryl/α,β-unsaturated/α-hetero) is 1. The van der Waals surface area contributed by atoms with E-state index in [1.165, 1.54) is 4.90 Å². The van der Waals surface area contributed by atoms with Crippen molar-refractivity contribution in [2.24, 2.45) is 5.41 Å². The van der Waals surface area contributed by atoms with Gasteiger partial charge in [0.05, 0.1) is 18.4 Å².